The van der Waals surface area contributed by atoms with E-state index in [4.69, 9.17) is 20.9 Å². The lowest BCUT2D eigenvalue weighted by atomic mass is 10.0. The van der Waals surface area contributed by atoms with Crippen molar-refractivity contribution >= 4 is 0 Å². The molecule has 0 radical (unpaired) electrons. The van der Waals surface area contributed by atoms with Crippen molar-refractivity contribution in [2.75, 3.05) is 26.9 Å². The maximum atomic E-state index is 5.96. The van der Waals surface area contributed by atoms with Crippen LogP contribution in [0.3, 0.4) is 0 Å². The third-order valence-electron chi connectivity index (χ3n) is 2.69. The lowest BCUT2D eigenvalue weighted by molar-refractivity contribution is 0.151. The van der Waals surface area contributed by atoms with Crippen LogP contribution in [0.1, 0.15) is 24.1 Å². The Kier molecular flexibility index (Phi) is 5.97. The van der Waals surface area contributed by atoms with E-state index >= 15 is 0 Å². The Morgan fingerprint density at radius 3 is 2.71 bits per heavy atom. The van der Waals surface area contributed by atoms with Gasteiger partial charge in [-0.05, 0) is 25.0 Å². The molecule has 0 saturated carbocycles. The van der Waals surface area contributed by atoms with E-state index in [1.807, 2.05) is 19.1 Å². The van der Waals surface area contributed by atoms with Gasteiger partial charge in [0.05, 0.1) is 13.7 Å². The molecule has 4 nitrogen and oxygen atoms in total. The quantitative estimate of drug-likeness (QED) is 0.701. The van der Waals surface area contributed by atoms with E-state index < -0.39 is 0 Å². The fourth-order valence-electron chi connectivity index (χ4n) is 1.69. The SMILES string of the molecule is CCOCCc1ccc(OC)c(C(N)CN)c1. The Labute approximate surface area is 103 Å². The predicted molar refractivity (Wildman–Crippen MR) is 69.2 cm³/mol. The average molecular weight is 238 g/mol. The number of methoxy groups -OCH3 is 1. The Balaban J connectivity index is 2.81. The van der Waals surface area contributed by atoms with Crippen molar-refractivity contribution in [2.45, 2.75) is 19.4 Å². The molecule has 1 atom stereocenters. The minimum atomic E-state index is -0.183. The van der Waals surface area contributed by atoms with Crippen LogP contribution in [0.4, 0.5) is 0 Å². The summed E-state index contributed by atoms with van der Waals surface area (Å²) in [6.07, 6.45) is 0.877. The highest BCUT2D eigenvalue weighted by molar-refractivity contribution is 5.39. The number of nitrogens with two attached hydrogens (primary N) is 2. The van der Waals surface area contributed by atoms with E-state index in [2.05, 4.69) is 6.07 Å². The standard InChI is InChI=1S/C13H22N2O2/c1-3-17-7-6-10-4-5-13(16-2)11(8-10)12(15)9-14/h4-5,8,12H,3,6-7,9,14-15H2,1-2H3. The van der Waals surface area contributed by atoms with Crippen molar-refractivity contribution in [3.05, 3.63) is 29.3 Å². The van der Waals surface area contributed by atoms with E-state index in [9.17, 15) is 0 Å². The van der Waals surface area contributed by atoms with E-state index in [1.165, 1.54) is 5.56 Å². The fraction of sp³-hybridized carbons (Fsp3) is 0.538. The zero-order chi connectivity index (χ0) is 12.7. The van der Waals surface area contributed by atoms with Gasteiger partial charge in [0.15, 0.2) is 0 Å². The van der Waals surface area contributed by atoms with Crippen molar-refractivity contribution in [3.8, 4) is 5.75 Å². The molecule has 1 rings (SSSR count). The second kappa shape index (κ2) is 7.27. The molecule has 0 amide bonds. The van der Waals surface area contributed by atoms with Crippen molar-refractivity contribution in [1.82, 2.24) is 0 Å². The summed E-state index contributed by atoms with van der Waals surface area (Å²) in [7, 11) is 1.64. The van der Waals surface area contributed by atoms with Gasteiger partial charge in [0, 0.05) is 24.8 Å². The summed E-state index contributed by atoms with van der Waals surface area (Å²) in [4.78, 5) is 0. The van der Waals surface area contributed by atoms with Crippen LogP contribution in [0.5, 0.6) is 5.75 Å². The first-order valence-corrected chi connectivity index (χ1v) is 5.93. The van der Waals surface area contributed by atoms with E-state index in [-0.39, 0.29) is 6.04 Å². The summed E-state index contributed by atoms with van der Waals surface area (Å²) < 4.78 is 10.6. The molecule has 0 aromatic heterocycles. The second-order valence-electron chi connectivity index (χ2n) is 3.87. The Hall–Kier alpha value is -1.10. The topological polar surface area (TPSA) is 70.5 Å². The molecule has 1 aromatic rings. The number of benzene rings is 1. The molecule has 0 aliphatic rings. The highest BCUT2D eigenvalue weighted by atomic mass is 16.5. The summed E-state index contributed by atoms with van der Waals surface area (Å²) in [5.41, 5.74) is 13.7. The lowest BCUT2D eigenvalue weighted by Gasteiger charge is -2.15. The van der Waals surface area contributed by atoms with Gasteiger partial charge in [-0.3, -0.25) is 0 Å². The Morgan fingerprint density at radius 2 is 2.12 bits per heavy atom. The molecule has 0 spiro atoms. The maximum Gasteiger partial charge on any atom is 0.123 e. The van der Waals surface area contributed by atoms with Gasteiger partial charge in [-0.15, -0.1) is 0 Å². The van der Waals surface area contributed by atoms with Gasteiger partial charge in [0.1, 0.15) is 5.75 Å². The van der Waals surface area contributed by atoms with Gasteiger partial charge in [0.2, 0.25) is 0 Å². The van der Waals surface area contributed by atoms with Crippen molar-refractivity contribution < 1.29 is 9.47 Å². The summed E-state index contributed by atoms with van der Waals surface area (Å²) in [5, 5.41) is 0. The summed E-state index contributed by atoms with van der Waals surface area (Å²) in [6.45, 7) is 3.86. The minimum absolute atomic E-state index is 0.183. The molecule has 0 heterocycles. The summed E-state index contributed by atoms with van der Waals surface area (Å²) in [5.74, 6) is 0.795. The molecule has 0 saturated heterocycles. The van der Waals surface area contributed by atoms with Gasteiger partial charge in [-0.2, -0.15) is 0 Å². The van der Waals surface area contributed by atoms with Gasteiger partial charge in [-0.25, -0.2) is 0 Å². The summed E-state index contributed by atoms with van der Waals surface area (Å²) in [6, 6.07) is 5.84. The van der Waals surface area contributed by atoms with Crippen molar-refractivity contribution in [2.24, 2.45) is 11.5 Å². The van der Waals surface area contributed by atoms with Crippen molar-refractivity contribution in [1.29, 1.82) is 0 Å². The molecule has 4 N–H and O–H groups in total. The molecule has 1 aromatic carbocycles. The molecule has 0 aliphatic carbocycles. The van der Waals surface area contributed by atoms with Crippen LogP contribution in [0.15, 0.2) is 18.2 Å². The Bertz CT molecular complexity index is 342. The van der Waals surface area contributed by atoms with E-state index in [0.29, 0.717) is 6.54 Å². The fourth-order valence-corrected chi connectivity index (χ4v) is 1.69. The largest absolute Gasteiger partial charge is 0.496 e. The first-order chi connectivity index (χ1) is 8.22. The predicted octanol–water partition coefficient (Wildman–Crippen LogP) is 1.23. The number of hydrogen-bond donors (Lipinski definition) is 2. The zero-order valence-corrected chi connectivity index (χ0v) is 10.6. The average Bonchev–Trinajstić information content (AvgIpc) is 2.38. The number of ether oxygens (including phenoxy) is 2. The third-order valence-corrected chi connectivity index (χ3v) is 2.69. The highest BCUT2D eigenvalue weighted by Gasteiger charge is 2.11. The Morgan fingerprint density at radius 1 is 1.35 bits per heavy atom. The number of hydrogen-bond acceptors (Lipinski definition) is 4. The molecule has 0 bridgehead atoms. The van der Waals surface area contributed by atoms with Crippen LogP contribution in [0, 0.1) is 0 Å². The summed E-state index contributed by atoms with van der Waals surface area (Å²) >= 11 is 0. The zero-order valence-electron chi connectivity index (χ0n) is 10.6. The van der Waals surface area contributed by atoms with Crippen LogP contribution >= 0.6 is 0 Å². The van der Waals surface area contributed by atoms with Gasteiger partial charge in [0.25, 0.3) is 0 Å². The van der Waals surface area contributed by atoms with Crippen LogP contribution in [-0.4, -0.2) is 26.9 Å². The van der Waals surface area contributed by atoms with Crippen LogP contribution in [0.25, 0.3) is 0 Å². The van der Waals surface area contributed by atoms with Crippen LogP contribution in [0.2, 0.25) is 0 Å². The van der Waals surface area contributed by atoms with Crippen LogP contribution < -0.4 is 16.2 Å². The van der Waals surface area contributed by atoms with E-state index in [1.54, 1.807) is 7.11 Å². The highest BCUT2D eigenvalue weighted by Crippen LogP contribution is 2.24. The molecule has 0 aliphatic heterocycles. The lowest BCUT2D eigenvalue weighted by Crippen LogP contribution is -2.21. The molecule has 0 fully saturated rings. The van der Waals surface area contributed by atoms with Crippen molar-refractivity contribution in [3.63, 3.8) is 0 Å². The normalized spacial score (nSPS) is 12.5. The van der Waals surface area contributed by atoms with Gasteiger partial charge < -0.3 is 20.9 Å². The van der Waals surface area contributed by atoms with E-state index in [0.717, 1.165) is 30.9 Å². The molecule has 96 valence electrons. The van der Waals surface area contributed by atoms with Gasteiger partial charge >= 0.3 is 0 Å². The number of rotatable bonds is 7. The minimum Gasteiger partial charge on any atom is -0.496 e. The smallest absolute Gasteiger partial charge is 0.123 e. The van der Waals surface area contributed by atoms with Crippen LogP contribution in [-0.2, 0) is 11.2 Å². The first-order valence-electron chi connectivity index (χ1n) is 5.93. The maximum absolute atomic E-state index is 5.96. The molecule has 4 heteroatoms. The molecule has 17 heavy (non-hydrogen) atoms. The van der Waals surface area contributed by atoms with Gasteiger partial charge in [-0.1, -0.05) is 12.1 Å². The second-order valence-corrected chi connectivity index (χ2v) is 3.87. The molecular formula is C13H22N2O2. The third kappa shape index (κ3) is 4.00. The first kappa shape index (κ1) is 14.0. The molecular weight excluding hydrogens is 216 g/mol. The molecule has 1 unspecified atom stereocenters. The monoisotopic (exact) mass is 238 g/mol.